The zero-order chi connectivity index (χ0) is 22.1. The number of aromatic nitrogens is 5. The van der Waals surface area contributed by atoms with Crippen LogP contribution in [0.4, 0.5) is 9.52 Å². The van der Waals surface area contributed by atoms with E-state index in [2.05, 4.69) is 25.6 Å². The number of carbonyl (C=O) groups excluding carboxylic acids is 1. The van der Waals surface area contributed by atoms with Crippen LogP contribution in [-0.2, 0) is 6.54 Å². The quantitative estimate of drug-likeness (QED) is 0.393. The van der Waals surface area contributed by atoms with E-state index in [-0.39, 0.29) is 18.1 Å². The maximum Gasteiger partial charge on any atom is 0.278 e. The Bertz CT molecular complexity index is 1450. The van der Waals surface area contributed by atoms with Gasteiger partial charge >= 0.3 is 0 Å². The second kappa shape index (κ2) is 8.45. The number of amides is 1. The number of anilines is 1. The number of hydrogen-bond donors (Lipinski definition) is 1. The molecule has 1 N–H and O–H groups in total. The van der Waals surface area contributed by atoms with Gasteiger partial charge in [-0.25, -0.2) is 14.1 Å². The molecule has 3 heterocycles. The molecule has 0 saturated carbocycles. The Morgan fingerprint density at radius 1 is 1.06 bits per heavy atom. The van der Waals surface area contributed by atoms with Crippen molar-refractivity contribution in [3.8, 4) is 10.6 Å². The molecular weight excluding hydrogens is 451 g/mol. The fraction of sp³-hybridized carbons (Fsp3) is 0.0455. The highest BCUT2D eigenvalue weighted by molar-refractivity contribution is 7.18. The first-order chi connectivity index (χ1) is 15.6. The summed E-state index contributed by atoms with van der Waals surface area (Å²) in [6, 6.07) is 17.2. The third kappa shape index (κ3) is 3.83. The van der Waals surface area contributed by atoms with Crippen molar-refractivity contribution in [2.24, 2.45) is 0 Å². The molecule has 10 heteroatoms. The van der Waals surface area contributed by atoms with Crippen LogP contribution in [0.2, 0.25) is 5.02 Å². The lowest BCUT2D eigenvalue weighted by Crippen LogP contribution is -2.14. The van der Waals surface area contributed by atoms with E-state index < -0.39 is 5.91 Å². The van der Waals surface area contributed by atoms with E-state index in [9.17, 15) is 9.18 Å². The van der Waals surface area contributed by atoms with Gasteiger partial charge in [0.15, 0.2) is 16.3 Å². The Hall–Kier alpha value is -3.69. The van der Waals surface area contributed by atoms with Gasteiger partial charge in [-0.2, -0.15) is 5.10 Å². The van der Waals surface area contributed by atoms with E-state index in [1.165, 1.54) is 22.1 Å². The van der Waals surface area contributed by atoms with E-state index in [1.807, 2.05) is 18.2 Å². The summed E-state index contributed by atoms with van der Waals surface area (Å²) >= 11 is 7.42. The largest absolute Gasteiger partial charge is 0.295 e. The molecule has 2 aromatic carbocycles. The van der Waals surface area contributed by atoms with E-state index >= 15 is 0 Å². The van der Waals surface area contributed by atoms with Gasteiger partial charge in [-0.1, -0.05) is 59.3 Å². The maximum absolute atomic E-state index is 14.1. The van der Waals surface area contributed by atoms with E-state index in [4.69, 9.17) is 11.6 Å². The summed E-state index contributed by atoms with van der Waals surface area (Å²) in [5, 5.41) is 17.3. The Morgan fingerprint density at radius 3 is 2.72 bits per heavy atom. The van der Waals surface area contributed by atoms with Gasteiger partial charge < -0.3 is 0 Å². The van der Waals surface area contributed by atoms with Gasteiger partial charge in [0.25, 0.3) is 5.91 Å². The number of pyridine rings is 1. The molecule has 0 aliphatic heterocycles. The highest BCUT2D eigenvalue weighted by Crippen LogP contribution is 2.32. The van der Waals surface area contributed by atoms with Gasteiger partial charge in [0.2, 0.25) is 5.13 Å². The minimum Gasteiger partial charge on any atom is -0.295 e. The number of halogens is 2. The molecule has 5 aromatic rings. The first-order valence-corrected chi connectivity index (χ1v) is 10.7. The van der Waals surface area contributed by atoms with Crippen LogP contribution in [0.3, 0.4) is 0 Å². The van der Waals surface area contributed by atoms with Gasteiger partial charge in [0, 0.05) is 17.3 Å². The molecule has 0 fully saturated rings. The number of rotatable bonds is 5. The van der Waals surface area contributed by atoms with Gasteiger partial charge in [0.1, 0.15) is 5.82 Å². The Morgan fingerprint density at radius 2 is 1.88 bits per heavy atom. The molecule has 0 aliphatic rings. The molecular formula is C22H14ClFN6OS. The molecule has 5 rings (SSSR count). The lowest BCUT2D eigenvalue weighted by molar-refractivity contribution is 0.102. The van der Waals surface area contributed by atoms with Crippen LogP contribution >= 0.6 is 22.9 Å². The van der Waals surface area contributed by atoms with Crippen LogP contribution in [0.25, 0.3) is 21.6 Å². The van der Waals surface area contributed by atoms with Gasteiger partial charge in [-0.3, -0.25) is 10.1 Å². The number of carbonyl (C=O) groups is 1. The fourth-order valence-electron chi connectivity index (χ4n) is 3.25. The minimum atomic E-state index is -0.461. The molecule has 7 nitrogen and oxygen atoms in total. The lowest BCUT2D eigenvalue weighted by atomic mass is 10.2. The number of nitrogens with zero attached hydrogens (tertiary/aromatic N) is 5. The molecule has 158 valence electrons. The highest BCUT2D eigenvalue weighted by Gasteiger charge is 2.20. The molecule has 0 radical (unpaired) electrons. The molecule has 3 aromatic heterocycles. The molecule has 0 saturated heterocycles. The monoisotopic (exact) mass is 464 g/mol. The van der Waals surface area contributed by atoms with Crippen LogP contribution in [0.15, 0.2) is 66.9 Å². The molecule has 0 spiro atoms. The molecule has 0 unspecified atom stereocenters. The van der Waals surface area contributed by atoms with Crippen LogP contribution in [0.5, 0.6) is 0 Å². The second-order valence-corrected chi connectivity index (χ2v) is 8.20. The van der Waals surface area contributed by atoms with Crippen molar-refractivity contribution < 1.29 is 9.18 Å². The lowest BCUT2D eigenvalue weighted by Gasteiger charge is -2.04. The minimum absolute atomic E-state index is 0.142. The third-order valence-corrected chi connectivity index (χ3v) is 5.95. The molecule has 0 bridgehead atoms. The summed E-state index contributed by atoms with van der Waals surface area (Å²) in [5.74, 6) is -0.809. The Balaban J connectivity index is 1.45. The summed E-state index contributed by atoms with van der Waals surface area (Å²) in [7, 11) is 0. The first-order valence-electron chi connectivity index (χ1n) is 9.55. The van der Waals surface area contributed by atoms with Crippen LogP contribution in [0.1, 0.15) is 16.1 Å². The smallest absolute Gasteiger partial charge is 0.278 e. The highest BCUT2D eigenvalue weighted by atomic mass is 35.5. The second-order valence-electron chi connectivity index (χ2n) is 6.82. The predicted molar refractivity (Wildman–Crippen MR) is 121 cm³/mol. The third-order valence-electron chi connectivity index (χ3n) is 4.75. The summed E-state index contributed by atoms with van der Waals surface area (Å²) in [6.45, 7) is 0.142. The van der Waals surface area contributed by atoms with Crippen molar-refractivity contribution in [2.45, 2.75) is 6.54 Å². The number of hydrogen-bond acceptors (Lipinski definition) is 6. The normalized spacial score (nSPS) is 11.1. The molecule has 0 atom stereocenters. The topological polar surface area (TPSA) is 85.6 Å². The Kier molecular flexibility index (Phi) is 5.34. The van der Waals surface area contributed by atoms with Crippen molar-refractivity contribution in [1.29, 1.82) is 0 Å². The van der Waals surface area contributed by atoms with E-state index in [1.54, 1.807) is 42.6 Å². The summed E-state index contributed by atoms with van der Waals surface area (Å²) in [4.78, 5) is 17.3. The first kappa shape index (κ1) is 20.2. The molecule has 1 amide bonds. The van der Waals surface area contributed by atoms with Crippen LogP contribution in [-0.4, -0.2) is 30.9 Å². The fourth-order valence-corrected chi connectivity index (χ4v) is 4.31. The van der Waals surface area contributed by atoms with Crippen molar-refractivity contribution in [3.05, 3.63) is 89.0 Å². The Labute approximate surface area is 190 Å². The average molecular weight is 465 g/mol. The van der Waals surface area contributed by atoms with Crippen molar-refractivity contribution in [2.75, 3.05) is 5.32 Å². The molecule has 32 heavy (non-hydrogen) atoms. The zero-order valence-corrected chi connectivity index (χ0v) is 17.9. The van der Waals surface area contributed by atoms with Crippen molar-refractivity contribution in [1.82, 2.24) is 25.0 Å². The van der Waals surface area contributed by atoms with Crippen molar-refractivity contribution in [3.63, 3.8) is 0 Å². The average Bonchev–Trinajstić information content (AvgIpc) is 3.41. The summed E-state index contributed by atoms with van der Waals surface area (Å²) in [6.07, 6.45) is 1.60. The van der Waals surface area contributed by atoms with Crippen LogP contribution < -0.4 is 5.32 Å². The number of benzene rings is 2. The SMILES string of the molecule is O=C(Nc1nnc(-c2ccccc2Cl)s1)c1nn(Cc2ccccc2F)c2ncccc12. The van der Waals surface area contributed by atoms with Gasteiger partial charge in [-0.05, 0) is 24.3 Å². The van der Waals surface area contributed by atoms with E-state index in [0.29, 0.717) is 31.8 Å². The van der Waals surface area contributed by atoms with Gasteiger partial charge in [-0.15, -0.1) is 10.2 Å². The van der Waals surface area contributed by atoms with Crippen LogP contribution in [0, 0.1) is 5.82 Å². The summed E-state index contributed by atoms with van der Waals surface area (Å²) in [5.41, 5.74) is 1.83. The molecule has 0 aliphatic carbocycles. The number of fused-ring (bicyclic) bond motifs is 1. The maximum atomic E-state index is 14.1. The standard InChI is InChI=1S/C22H14ClFN6OS/c23-16-9-3-2-7-14(16)21-27-28-22(32-21)26-20(31)18-15-8-5-11-25-19(15)30(29-18)12-13-6-1-4-10-17(13)24/h1-11H,12H2,(H,26,28,31). The summed E-state index contributed by atoms with van der Waals surface area (Å²) < 4.78 is 15.6. The predicted octanol–water partition coefficient (Wildman–Crippen LogP) is 5.04. The number of nitrogens with one attached hydrogen (secondary N) is 1. The van der Waals surface area contributed by atoms with Crippen molar-refractivity contribution >= 4 is 45.0 Å². The van der Waals surface area contributed by atoms with E-state index in [0.717, 1.165) is 5.56 Å². The zero-order valence-electron chi connectivity index (χ0n) is 16.4. The van der Waals surface area contributed by atoms with Gasteiger partial charge in [0.05, 0.1) is 17.0 Å².